The SMILES string of the molecule is C=C/C=C(C=C)/C(N)=C/C(c1ccccc1)c1ccc(-c2ccc3oc(C=C)c(C=C)c3c2)c(-c2ccc3oc4ccccc4c3c2)c1. The number of hydrogen-bond acceptors (Lipinski definition) is 3. The Morgan fingerprint density at radius 1 is 0.604 bits per heavy atom. The first-order valence-corrected chi connectivity index (χ1v) is 15.9. The molecule has 232 valence electrons. The quantitative estimate of drug-likeness (QED) is 0.155. The molecule has 7 aromatic rings. The minimum absolute atomic E-state index is 0.121. The van der Waals surface area contributed by atoms with Crippen molar-refractivity contribution in [2.45, 2.75) is 5.92 Å². The molecule has 3 heteroatoms. The highest BCUT2D eigenvalue weighted by Crippen LogP contribution is 2.41. The number of furan rings is 2. The minimum Gasteiger partial charge on any atom is -0.456 e. The van der Waals surface area contributed by atoms with Gasteiger partial charge in [0.15, 0.2) is 0 Å². The molecule has 0 saturated carbocycles. The van der Waals surface area contributed by atoms with Crippen LogP contribution in [0.5, 0.6) is 0 Å². The molecule has 1 atom stereocenters. The van der Waals surface area contributed by atoms with Gasteiger partial charge in [-0.05, 0) is 87.5 Å². The number of benzene rings is 5. The van der Waals surface area contributed by atoms with Crippen molar-refractivity contribution in [3.05, 3.63) is 194 Å². The van der Waals surface area contributed by atoms with Crippen molar-refractivity contribution in [2.24, 2.45) is 5.73 Å². The fraction of sp³-hybridized carbons (Fsp3) is 0.0222. The third-order valence-electron chi connectivity index (χ3n) is 8.90. The molecule has 2 heterocycles. The lowest BCUT2D eigenvalue weighted by Crippen LogP contribution is -2.06. The van der Waals surface area contributed by atoms with Crippen LogP contribution in [0.3, 0.4) is 0 Å². The van der Waals surface area contributed by atoms with Gasteiger partial charge in [0.2, 0.25) is 0 Å². The van der Waals surface area contributed by atoms with Crippen LogP contribution in [0.1, 0.15) is 28.4 Å². The van der Waals surface area contributed by atoms with Gasteiger partial charge in [0, 0.05) is 33.3 Å². The number of rotatable bonds is 10. The van der Waals surface area contributed by atoms with Crippen LogP contribution in [0.4, 0.5) is 0 Å². The Kier molecular flexibility index (Phi) is 8.10. The van der Waals surface area contributed by atoms with E-state index in [0.29, 0.717) is 11.5 Å². The summed E-state index contributed by atoms with van der Waals surface area (Å²) in [6.45, 7) is 15.8. The van der Waals surface area contributed by atoms with E-state index in [1.54, 1.807) is 18.2 Å². The smallest absolute Gasteiger partial charge is 0.135 e. The van der Waals surface area contributed by atoms with E-state index in [9.17, 15) is 0 Å². The third kappa shape index (κ3) is 5.42. The highest BCUT2D eigenvalue weighted by atomic mass is 16.3. The number of nitrogens with two attached hydrogens (primary N) is 1. The summed E-state index contributed by atoms with van der Waals surface area (Å²) in [6, 6.07) is 38.0. The number of allylic oxidation sites excluding steroid dienone is 4. The summed E-state index contributed by atoms with van der Waals surface area (Å²) in [7, 11) is 0. The van der Waals surface area contributed by atoms with Crippen molar-refractivity contribution in [2.75, 3.05) is 0 Å². The van der Waals surface area contributed by atoms with Gasteiger partial charge in [-0.3, -0.25) is 0 Å². The van der Waals surface area contributed by atoms with Crippen LogP contribution in [0.25, 0.3) is 67.3 Å². The average Bonchev–Trinajstić information content (AvgIpc) is 3.69. The lowest BCUT2D eigenvalue weighted by atomic mass is 9.85. The van der Waals surface area contributed by atoms with E-state index in [-0.39, 0.29) is 5.92 Å². The van der Waals surface area contributed by atoms with Gasteiger partial charge < -0.3 is 14.6 Å². The largest absolute Gasteiger partial charge is 0.456 e. The number of para-hydroxylation sites is 1. The van der Waals surface area contributed by atoms with Gasteiger partial charge >= 0.3 is 0 Å². The molecule has 1 unspecified atom stereocenters. The van der Waals surface area contributed by atoms with E-state index in [4.69, 9.17) is 14.6 Å². The summed E-state index contributed by atoms with van der Waals surface area (Å²) in [6.07, 6.45) is 11.0. The highest BCUT2D eigenvalue weighted by molar-refractivity contribution is 6.07. The number of hydrogen-bond donors (Lipinski definition) is 1. The van der Waals surface area contributed by atoms with Gasteiger partial charge in [0.05, 0.1) is 0 Å². The first-order chi connectivity index (χ1) is 23.5. The summed E-state index contributed by atoms with van der Waals surface area (Å²) < 4.78 is 12.3. The van der Waals surface area contributed by atoms with Crippen molar-refractivity contribution in [1.82, 2.24) is 0 Å². The highest BCUT2D eigenvalue weighted by Gasteiger charge is 2.19. The van der Waals surface area contributed by atoms with Gasteiger partial charge in [0.25, 0.3) is 0 Å². The molecule has 0 aliphatic rings. The molecule has 48 heavy (non-hydrogen) atoms. The van der Waals surface area contributed by atoms with E-state index in [2.05, 4.69) is 111 Å². The Balaban J connectivity index is 1.48. The lowest BCUT2D eigenvalue weighted by molar-refractivity contribution is 0.603. The van der Waals surface area contributed by atoms with E-state index in [1.165, 1.54) is 0 Å². The van der Waals surface area contributed by atoms with Crippen LogP contribution in [-0.2, 0) is 0 Å². The first kappa shape index (κ1) is 30.3. The standard InChI is InChI=1S/C45H35NO2/c1-5-14-29(6-2)41(46)28-37(30-15-10-9-11-16-30)32-19-22-35(31-20-23-44-39(26-31)34(7-3)42(8-4)47-44)38(25-32)33-21-24-45-40(27-33)36-17-12-13-18-43(36)48-45/h5-28,37H,1-4,46H2/b29-14+,41-28-. The molecule has 5 aromatic carbocycles. The van der Waals surface area contributed by atoms with E-state index < -0.39 is 0 Å². The zero-order chi connectivity index (χ0) is 33.2. The fourth-order valence-corrected chi connectivity index (χ4v) is 6.53. The van der Waals surface area contributed by atoms with E-state index in [1.807, 2.05) is 42.5 Å². The van der Waals surface area contributed by atoms with Gasteiger partial charge in [-0.15, -0.1) is 0 Å². The Hall–Kier alpha value is -6.32. The Morgan fingerprint density at radius 3 is 2.02 bits per heavy atom. The molecule has 2 aromatic heterocycles. The monoisotopic (exact) mass is 621 g/mol. The summed E-state index contributed by atoms with van der Waals surface area (Å²) in [4.78, 5) is 0. The van der Waals surface area contributed by atoms with Gasteiger partial charge in [-0.1, -0.05) is 123 Å². The van der Waals surface area contributed by atoms with Crippen molar-refractivity contribution in [3.8, 4) is 22.3 Å². The van der Waals surface area contributed by atoms with Crippen molar-refractivity contribution in [1.29, 1.82) is 0 Å². The molecule has 0 aliphatic carbocycles. The molecule has 0 radical (unpaired) electrons. The summed E-state index contributed by atoms with van der Waals surface area (Å²) >= 11 is 0. The zero-order valence-corrected chi connectivity index (χ0v) is 26.7. The Morgan fingerprint density at radius 2 is 1.29 bits per heavy atom. The first-order valence-electron chi connectivity index (χ1n) is 15.9. The molecule has 0 fully saturated rings. The van der Waals surface area contributed by atoms with Crippen LogP contribution in [0.2, 0.25) is 0 Å². The second kappa shape index (κ2) is 12.8. The molecule has 0 saturated heterocycles. The van der Waals surface area contributed by atoms with Crippen molar-refractivity contribution >= 4 is 45.1 Å². The van der Waals surface area contributed by atoms with Crippen molar-refractivity contribution < 1.29 is 8.83 Å². The second-order valence-corrected chi connectivity index (χ2v) is 11.7. The van der Waals surface area contributed by atoms with E-state index >= 15 is 0 Å². The van der Waals surface area contributed by atoms with Crippen LogP contribution in [-0.4, -0.2) is 0 Å². The molecular formula is C45H35NO2. The predicted octanol–water partition coefficient (Wildman–Crippen LogP) is 12.2. The normalized spacial score (nSPS) is 12.8. The fourth-order valence-electron chi connectivity index (χ4n) is 6.53. The number of fused-ring (bicyclic) bond motifs is 4. The van der Waals surface area contributed by atoms with E-state index in [0.717, 1.165) is 77.4 Å². The zero-order valence-electron chi connectivity index (χ0n) is 26.7. The summed E-state index contributed by atoms with van der Waals surface area (Å²) in [5.41, 5.74) is 18.2. The Labute approximate surface area is 280 Å². The predicted molar refractivity (Wildman–Crippen MR) is 204 cm³/mol. The maximum absolute atomic E-state index is 6.70. The third-order valence-corrected chi connectivity index (χ3v) is 8.90. The second-order valence-electron chi connectivity index (χ2n) is 11.7. The van der Waals surface area contributed by atoms with Crippen LogP contribution >= 0.6 is 0 Å². The molecule has 3 nitrogen and oxygen atoms in total. The van der Waals surface area contributed by atoms with Crippen LogP contribution < -0.4 is 5.73 Å². The van der Waals surface area contributed by atoms with Gasteiger partial charge in [0.1, 0.15) is 22.5 Å². The summed E-state index contributed by atoms with van der Waals surface area (Å²) in [5.74, 6) is 0.592. The lowest BCUT2D eigenvalue weighted by Gasteiger charge is -2.19. The molecular weight excluding hydrogens is 587 g/mol. The molecule has 0 amide bonds. The molecule has 0 aliphatic heterocycles. The molecule has 0 bridgehead atoms. The average molecular weight is 622 g/mol. The topological polar surface area (TPSA) is 52.3 Å². The van der Waals surface area contributed by atoms with Crippen LogP contribution in [0.15, 0.2) is 180 Å². The molecule has 0 spiro atoms. The van der Waals surface area contributed by atoms with Crippen molar-refractivity contribution in [3.63, 3.8) is 0 Å². The summed E-state index contributed by atoms with van der Waals surface area (Å²) in [5, 5.41) is 3.15. The maximum atomic E-state index is 6.70. The Bertz CT molecular complexity index is 2430. The van der Waals surface area contributed by atoms with Gasteiger partial charge in [-0.2, -0.15) is 0 Å². The molecule has 2 N–H and O–H groups in total. The maximum Gasteiger partial charge on any atom is 0.135 e. The minimum atomic E-state index is -0.121. The molecule has 7 rings (SSSR count). The van der Waals surface area contributed by atoms with Crippen LogP contribution in [0, 0.1) is 0 Å². The van der Waals surface area contributed by atoms with Gasteiger partial charge in [-0.25, -0.2) is 0 Å².